The Kier molecular flexibility index (Phi) is 1.49. The molecule has 1 aliphatic rings. The SMILES string of the molecule is CC1=CN=C(C)C(=N)C1=N. The molecule has 0 atom stereocenters. The molecule has 0 aromatic heterocycles. The predicted molar refractivity (Wildman–Crippen MR) is 42.3 cm³/mol. The summed E-state index contributed by atoms with van der Waals surface area (Å²) >= 11 is 0. The van der Waals surface area contributed by atoms with Crippen molar-refractivity contribution in [1.29, 1.82) is 10.8 Å². The van der Waals surface area contributed by atoms with Crippen LogP contribution in [0.25, 0.3) is 0 Å². The number of nitrogens with one attached hydrogen (secondary N) is 2. The van der Waals surface area contributed by atoms with Crippen LogP contribution in [0.4, 0.5) is 0 Å². The summed E-state index contributed by atoms with van der Waals surface area (Å²) in [6.45, 7) is 3.52. The van der Waals surface area contributed by atoms with Crippen LogP contribution in [0.5, 0.6) is 0 Å². The fourth-order valence-electron chi connectivity index (χ4n) is 0.701. The zero-order valence-corrected chi connectivity index (χ0v) is 6.02. The van der Waals surface area contributed by atoms with Crippen molar-refractivity contribution in [3.05, 3.63) is 11.8 Å². The highest BCUT2D eigenvalue weighted by Crippen LogP contribution is 2.04. The van der Waals surface area contributed by atoms with E-state index in [2.05, 4.69) is 4.99 Å². The van der Waals surface area contributed by atoms with Gasteiger partial charge in [-0.25, -0.2) is 0 Å². The summed E-state index contributed by atoms with van der Waals surface area (Å²) in [5.41, 5.74) is 1.90. The minimum absolute atomic E-state index is 0.236. The van der Waals surface area contributed by atoms with E-state index in [0.717, 1.165) is 5.57 Å². The van der Waals surface area contributed by atoms with Crippen molar-refractivity contribution in [3.63, 3.8) is 0 Å². The molecule has 1 rings (SSSR count). The van der Waals surface area contributed by atoms with Gasteiger partial charge in [0.05, 0.1) is 11.4 Å². The molecule has 1 aliphatic heterocycles. The summed E-state index contributed by atoms with van der Waals surface area (Å²) in [7, 11) is 0. The second kappa shape index (κ2) is 2.17. The number of hydrogen-bond donors (Lipinski definition) is 2. The van der Waals surface area contributed by atoms with Gasteiger partial charge in [-0.2, -0.15) is 0 Å². The third-order valence-corrected chi connectivity index (χ3v) is 1.46. The predicted octanol–water partition coefficient (Wildman–Crippen LogP) is 1.40. The Hall–Kier alpha value is -1.25. The Morgan fingerprint density at radius 3 is 2.30 bits per heavy atom. The maximum Gasteiger partial charge on any atom is 0.100 e. The number of nitrogens with zero attached hydrogens (tertiary/aromatic N) is 1. The standard InChI is InChI=1S/C7H9N3/c1-4-3-10-5(2)7(9)6(4)8/h3,8-9H,1-2H3. The van der Waals surface area contributed by atoms with Gasteiger partial charge >= 0.3 is 0 Å². The molecule has 0 aromatic rings. The van der Waals surface area contributed by atoms with Crippen molar-refractivity contribution >= 4 is 17.1 Å². The lowest BCUT2D eigenvalue weighted by Crippen LogP contribution is -2.23. The molecule has 0 aromatic carbocycles. The maximum absolute atomic E-state index is 7.36. The van der Waals surface area contributed by atoms with Crippen molar-refractivity contribution < 1.29 is 0 Å². The van der Waals surface area contributed by atoms with Crippen molar-refractivity contribution in [2.45, 2.75) is 13.8 Å². The zero-order valence-electron chi connectivity index (χ0n) is 6.02. The highest BCUT2D eigenvalue weighted by molar-refractivity contribution is 6.70. The first-order valence-electron chi connectivity index (χ1n) is 3.02. The molecule has 2 N–H and O–H groups in total. The van der Waals surface area contributed by atoms with Crippen molar-refractivity contribution in [2.75, 3.05) is 0 Å². The van der Waals surface area contributed by atoms with Gasteiger partial charge < -0.3 is 0 Å². The van der Waals surface area contributed by atoms with Crippen LogP contribution in [0.15, 0.2) is 16.8 Å². The number of rotatable bonds is 0. The molecular weight excluding hydrogens is 126 g/mol. The topological polar surface area (TPSA) is 60.1 Å². The third-order valence-electron chi connectivity index (χ3n) is 1.46. The van der Waals surface area contributed by atoms with Gasteiger partial charge in [0.2, 0.25) is 0 Å². The molecule has 0 bridgehead atoms. The zero-order chi connectivity index (χ0) is 7.72. The summed E-state index contributed by atoms with van der Waals surface area (Å²) in [5.74, 6) is 0. The molecule has 52 valence electrons. The van der Waals surface area contributed by atoms with Crippen LogP contribution in [0.1, 0.15) is 13.8 Å². The van der Waals surface area contributed by atoms with Crippen molar-refractivity contribution in [1.82, 2.24) is 0 Å². The fourth-order valence-corrected chi connectivity index (χ4v) is 0.701. The molecule has 10 heavy (non-hydrogen) atoms. The Labute approximate surface area is 59.5 Å². The first kappa shape index (κ1) is 6.86. The molecular formula is C7H9N3. The summed E-state index contributed by atoms with van der Waals surface area (Å²) < 4.78 is 0. The van der Waals surface area contributed by atoms with Gasteiger partial charge in [-0.3, -0.25) is 15.8 Å². The molecule has 0 unspecified atom stereocenters. The maximum atomic E-state index is 7.36. The van der Waals surface area contributed by atoms with E-state index in [1.54, 1.807) is 20.0 Å². The van der Waals surface area contributed by atoms with E-state index in [0.29, 0.717) is 5.71 Å². The fraction of sp³-hybridized carbons (Fsp3) is 0.286. The van der Waals surface area contributed by atoms with E-state index >= 15 is 0 Å². The summed E-state index contributed by atoms with van der Waals surface area (Å²) in [4.78, 5) is 3.93. The molecule has 0 spiro atoms. The van der Waals surface area contributed by atoms with Gasteiger partial charge in [-0.15, -0.1) is 0 Å². The quantitative estimate of drug-likeness (QED) is 0.504. The molecule has 1 heterocycles. The summed E-state index contributed by atoms with van der Waals surface area (Å²) in [5, 5.41) is 14.7. The minimum atomic E-state index is 0.236. The second-order valence-electron chi connectivity index (χ2n) is 2.28. The smallest absolute Gasteiger partial charge is 0.100 e. The molecule has 0 saturated heterocycles. The average molecular weight is 135 g/mol. The van der Waals surface area contributed by atoms with Crippen LogP contribution >= 0.6 is 0 Å². The Morgan fingerprint density at radius 1 is 1.20 bits per heavy atom. The van der Waals surface area contributed by atoms with E-state index in [4.69, 9.17) is 10.8 Å². The van der Waals surface area contributed by atoms with Gasteiger partial charge in [0.1, 0.15) is 5.71 Å². The van der Waals surface area contributed by atoms with Crippen LogP contribution in [0.3, 0.4) is 0 Å². The molecule has 0 radical (unpaired) electrons. The minimum Gasteiger partial charge on any atom is -0.298 e. The Morgan fingerprint density at radius 2 is 1.80 bits per heavy atom. The van der Waals surface area contributed by atoms with Gasteiger partial charge in [0, 0.05) is 6.20 Å². The lowest BCUT2D eigenvalue weighted by molar-refractivity contribution is 1.38. The first-order chi connectivity index (χ1) is 4.63. The van der Waals surface area contributed by atoms with E-state index in [1.165, 1.54) is 0 Å². The van der Waals surface area contributed by atoms with Gasteiger partial charge in [0.25, 0.3) is 0 Å². The first-order valence-corrected chi connectivity index (χ1v) is 3.02. The molecule has 0 saturated carbocycles. The van der Waals surface area contributed by atoms with Crippen LogP contribution < -0.4 is 0 Å². The Bertz CT molecular complexity index is 222. The Balaban J connectivity index is 3.09. The van der Waals surface area contributed by atoms with Crippen LogP contribution in [0.2, 0.25) is 0 Å². The molecule has 0 aliphatic carbocycles. The van der Waals surface area contributed by atoms with Crippen molar-refractivity contribution in [2.24, 2.45) is 4.99 Å². The third kappa shape index (κ3) is 0.900. The normalized spacial score (nSPS) is 18.6. The molecule has 0 fully saturated rings. The number of aliphatic imine (C=N–C) groups is 1. The average Bonchev–Trinajstić information content (AvgIpc) is 1.93. The van der Waals surface area contributed by atoms with E-state index < -0.39 is 0 Å². The number of hydrogen-bond acceptors (Lipinski definition) is 3. The van der Waals surface area contributed by atoms with Gasteiger partial charge in [-0.05, 0) is 19.4 Å². The largest absolute Gasteiger partial charge is 0.298 e. The van der Waals surface area contributed by atoms with Gasteiger partial charge in [-0.1, -0.05) is 0 Å². The lowest BCUT2D eigenvalue weighted by atomic mass is 10.0. The van der Waals surface area contributed by atoms with E-state index in [1.807, 2.05) is 0 Å². The highest BCUT2D eigenvalue weighted by atomic mass is 14.8. The van der Waals surface area contributed by atoms with E-state index in [9.17, 15) is 0 Å². The van der Waals surface area contributed by atoms with Gasteiger partial charge in [0.15, 0.2) is 0 Å². The monoisotopic (exact) mass is 135 g/mol. The molecule has 3 nitrogen and oxygen atoms in total. The highest BCUT2D eigenvalue weighted by Gasteiger charge is 2.13. The van der Waals surface area contributed by atoms with Crippen LogP contribution in [0, 0.1) is 10.8 Å². The molecule has 0 amide bonds. The van der Waals surface area contributed by atoms with E-state index in [-0.39, 0.29) is 11.4 Å². The summed E-state index contributed by atoms with van der Waals surface area (Å²) in [6, 6.07) is 0. The second-order valence-corrected chi connectivity index (χ2v) is 2.28. The van der Waals surface area contributed by atoms with Crippen LogP contribution in [-0.4, -0.2) is 17.1 Å². The van der Waals surface area contributed by atoms with Crippen molar-refractivity contribution in [3.8, 4) is 0 Å². The number of allylic oxidation sites excluding steroid dienone is 1. The molecule has 3 heteroatoms. The lowest BCUT2D eigenvalue weighted by Gasteiger charge is -2.08. The van der Waals surface area contributed by atoms with Crippen LogP contribution in [-0.2, 0) is 0 Å². The summed E-state index contributed by atoms with van der Waals surface area (Å²) in [6.07, 6.45) is 1.62.